The van der Waals surface area contributed by atoms with Crippen LogP contribution in [0.5, 0.6) is 0 Å². The predicted octanol–water partition coefficient (Wildman–Crippen LogP) is 2.00. The van der Waals surface area contributed by atoms with Crippen LogP contribution < -0.4 is 0 Å². The van der Waals surface area contributed by atoms with Gasteiger partial charge in [0.15, 0.2) is 0 Å². The molecule has 0 fully saturated rings. The summed E-state index contributed by atoms with van der Waals surface area (Å²) in [5.41, 5.74) is -0.277. The van der Waals surface area contributed by atoms with Gasteiger partial charge in [0.05, 0.1) is 17.2 Å². The van der Waals surface area contributed by atoms with Crippen LogP contribution in [0.15, 0.2) is 12.4 Å². The number of aliphatic carboxylic acids is 1. The van der Waals surface area contributed by atoms with Gasteiger partial charge in [-0.3, -0.25) is 9.48 Å². The minimum atomic E-state index is -0.885. The van der Waals surface area contributed by atoms with Crippen LogP contribution in [-0.2, 0) is 15.7 Å². The zero-order valence-corrected chi connectivity index (χ0v) is 9.90. The van der Waals surface area contributed by atoms with E-state index in [0.29, 0.717) is 0 Å². The third-order valence-electron chi connectivity index (χ3n) is 2.53. The summed E-state index contributed by atoms with van der Waals surface area (Å²) >= 11 is 0. The van der Waals surface area contributed by atoms with Gasteiger partial charge in [-0.15, -0.1) is 0 Å². The summed E-state index contributed by atoms with van der Waals surface area (Å²) in [6.07, 6.45) is 3.42. The van der Waals surface area contributed by atoms with Crippen molar-refractivity contribution in [2.45, 2.75) is 45.6 Å². The van der Waals surface area contributed by atoms with Crippen molar-refractivity contribution in [1.29, 1.82) is 0 Å². The normalized spacial score (nSPS) is 12.9. The van der Waals surface area contributed by atoms with Gasteiger partial charge in [-0.1, -0.05) is 0 Å². The molecule has 0 aliphatic rings. The molecule has 0 spiro atoms. The van der Waals surface area contributed by atoms with Gasteiger partial charge in [0, 0.05) is 11.8 Å². The fourth-order valence-electron chi connectivity index (χ4n) is 1.14. The number of nitrogens with zero attached hydrogens (tertiary/aromatic N) is 2. The van der Waals surface area contributed by atoms with E-state index in [-0.39, 0.29) is 5.54 Å². The highest BCUT2D eigenvalue weighted by Gasteiger charge is 2.31. The van der Waals surface area contributed by atoms with E-state index in [4.69, 9.17) is 5.11 Å². The molecule has 4 heteroatoms. The highest BCUT2D eigenvalue weighted by molar-refractivity contribution is 5.79. The lowest BCUT2D eigenvalue weighted by Crippen LogP contribution is -2.28. The van der Waals surface area contributed by atoms with E-state index in [1.165, 1.54) is 0 Å². The van der Waals surface area contributed by atoms with Gasteiger partial charge < -0.3 is 5.11 Å². The van der Waals surface area contributed by atoms with Crippen molar-refractivity contribution >= 4 is 5.97 Å². The summed E-state index contributed by atoms with van der Waals surface area (Å²) in [6, 6.07) is 0. The molecule has 0 bridgehead atoms. The Kier molecular flexibility index (Phi) is 2.63. The van der Waals surface area contributed by atoms with Crippen LogP contribution in [0, 0.1) is 0 Å². The van der Waals surface area contributed by atoms with Crippen molar-refractivity contribution in [3.8, 4) is 0 Å². The van der Waals surface area contributed by atoms with Crippen molar-refractivity contribution in [3.05, 3.63) is 18.0 Å². The standard InChI is InChI=1S/C11H18N2O2/c1-10(2,3)13-7-8(6-12-13)11(4,5)9(14)15/h6-7H,1-5H3,(H,14,15). The van der Waals surface area contributed by atoms with E-state index in [1.807, 2.05) is 20.8 Å². The molecule has 1 N–H and O–H groups in total. The second-order valence-electron chi connectivity index (χ2n) is 5.27. The molecule has 0 saturated carbocycles. The summed E-state index contributed by atoms with van der Waals surface area (Å²) in [5, 5.41) is 13.3. The number of hydrogen-bond donors (Lipinski definition) is 1. The van der Waals surface area contributed by atoms with E-state index >= 15 is 0 Å². The fourth-order valence-corrected chi connectivity index (χ4v) is 1.14. The molecule has 1 aromatic rings. The lowest BCUT2D eigenvalue weighted by atomic mass is 9.87. The van der Waals surface area contributed by atoms with Crippen LogP contribution in [0.2, 0.25) is 0 Å². The summed E-state index contributed by atoms with van der Waals surface area (Å²) in [4.78, 5) is 11.0. The van der Waals surface area contributed by atoms with Crippen molar-refractivity contribution < 1.29 is 9.90 Å². The van der Waals surface area contributed by atoms with E-state index in [9.17, 15) is 4.79 Å². The Morgan fingerprint density at radius 1 is 1.33 bits per heavy atom. The van der Waals surface area contributed by atoms with Gasteiger partial charge in [0.1, 0.15) is 0 Å². The Morgan fingerprint density at radius 2 is 1.87 bits per heavy atom. The number of aromatic nitrogens is 2. The van der Waals surface area contributed by atoms with E-state index < -0.39 is 11.4 Å². The smallest absolute Gasteiger partial charge is 0.313 e. The van der Waals surface area contributed by atoms with Crippen molar-refractivity contribution in [1.82, 2.24) is 9.78 Å². The Balaban J connectivity index is 3.10. The highest BCUT2D eigenvalue weighted by atomic mass is 16.4. The third-order valence-corrected chi connectivity index (χ3v) is 2.53. The topological polar surface area (TPSA) is 55.1 Å². The van der Waals surface area contributed by atoms with Crippen LogP contribution in [-0.4, -0.2) is 20.9 Å². The molecule has 0 amide bonds. The monoisotopic (exact) mass is 210 g/mol. The molecule has 0 aliphatic heterocycles. The third kappa shape index (κ3) is 2.19. The summed E-state index contributed by atoms with van der Waals surface area (Å²) in [6.45, 7) is 9.44. The van der Waals surface area contributed by atoms with Gasteiger partial charge in [-0.05, 0) is 34.6 Å². The maximum absolute atomic E-state index is 11.0. The van der Waals surface area contributed by atoms with Crippen molar-refractivity contribution in [3.63, 3.8) is 0 Å². The van der Waals surface area contributed by atoms with Crippen LogP contribution in [0.4, 0.5) is 0 Å². The number of rotatable bonds is 2. The number of hydrogen-bond acceptors (Lipinski definition) is 2. The Hall–Kier alpha value is -1.32. The minimum absolute atomic E-state index is 0.118. The molecule has 0 radical (unpaired) electrons. The van der Waals surface area contributed by atoms with Crippen molar-refractivity contribution in [2.24, 2.45) is 0 Å². The summed E-state index contributed by atoms with van der Waals surface area (Å²) in [7, 11) is 0. The highest BCUT2D eigenvalue weighted by Crippen LogP contribution is 2.24. The maximum atomic E-state index is 11.0. The molecule has 1 rings (SSSR count). The molecule has 1 heterocycles. The fraction of sp³-hybridized carbons (Fsp3) is 0.636. The van der Waals surface area contributed by atoms with Crippen LogP contribution >= 0.6 is 0 Å². The molecule has 84 valence electrons. The number of carboxylic acid groups (broad SMARTS) is 1. The predicted molar refractivity (Wildman–Crippen MR) is 57.9 cm³/mol. The second kappa shape index (κ2) is 3.36. The first-order valence-corrected chi connectivity index (χ1v) is 4.95. The van der Waals surface area contributed by atoms with Crippen molar-refractivity contribution in [2.75, 3.05) is 0 Å². The van der Waals surface area contributed by atoms with Gasteiger partial charge in [0.2, 0.25) is 0 Å². The lowest BCUT2D eigenvalue weighted by Gasteiger charge is -2.20. The van der Waals surface area contributed by atoms with E-state index in [1.54, 1.807) is 30.9 Å². The minimum Gasteiger partial charge on any atom is -0.481 e. The van der Waals surface area contributed by atoms with Crippen LogP contribution in [0.3, 0.4) is 0 Å². The maximum Gasteiger partial charge on any atom is 0.313 e. The molecule has 15 heavy (non-hydrogen) atoms. The first-order valence-electron chi connectivity index (χ1n) is 4.95. The molecule has 0 unspecified atom stereocenters. The first kappa shape index (κ1) is 11.8. The van der Waals surface area contributed by atoms with Gasteiger partial charge in [-0.25, -0.2) is 0 Å². The van der Waals surface area contributed by atoms with Gasteiger partial charge in [-0.2, -0.15) is 5.10 Å². The molecule has 4 nitrogen and oxygen atoms in total. The molecule has 0 atom stereocenters. The Bertz CT molecular complexity index is 372. The quantitative estimate of drug-likeness (QED) is 0.812. The van der Waals surface area contributed by atoms with Gasteiger partial charge in [0.25, 0.3) is 0 Å². The summed E-state index contributed by atoms with van der Waals surface area (Å²) in [5.74, 6) is -0.837. The Morgan fingerprint density at radius 3 is 2.20 bits per heavy atom. The largest absolute Gasteiger partial charge is 0.481 e. The molecule has 0 aromatic carbocycles. The summed E-state index contributed by atoms with van der Waals surface area (Å²) < 4.78 is 1.78. The van der Waals surface area contributed by atoms with E-state index in [0.717, 1.165) is 5.56 Å². The zero-order valence-electron chi connectivity index (χ0n) is 9.90. The molecule has 1 aromatic heterocycles. The molecular formula is C11H18N2O2. The van der Waals surface area contributed by atoms with Crippen LogP contribution in [0.1, 0.15) is 40.2 Å². The van der Waals surface area contributed by atoms with Gasteiger partial charge >= 0.3 is 5.97 Å². The average molecular weight is 210 g/mol. The molecule has 0 saturated heterocycles. The zero-order chi connectivity index (χ0) is 11.9. The average Bonchev–Trinajstić information content (AvgIpc) is 2.50. The molecular weight excluding hydrogens is 192 g/mol. The van der Waals surface area contributed by atoms with E-state index in [2.05, 4.69) is 5.10 Å². The lowest BCUT2D eigenvalue weighted by molar-refractivity contribution is -0.142. The second-order valence-corrected chi connectivity index (χ2v) is 5.27. The first-order chi connectivity index (χ1) is 6.65. The van der Waals surface area contributed by atoms with Crippen LogP contribution in [0.25, 0.3) is 0 Å². The number of carboxylic acids is 1. The molecule has 0 aliphatic carbocycles. The Labute approximate surface area is 89.9 Å². The SMILES string of the molecule is CC(C)(C(=O)O)c1cnn(C(C)(C)C)c1. The number of carbonyl (C=O) groups is 1.